The Labute approximate surface area is 169 Å². The van der Waals surface area contributed by atoms with E-state index in [9.17, 15) is 18.3 Å². The predicted octanol–water partition coefficient (Wildman–Crippen LogP) is 1.71. The number of phenols is 1. The van der Waals surface area contributed by atoms with E-state index < -0.39 is 22.0 Å². The van der Waals surface area contributed by atoms with Crippen molar-refractivity contribution in [3.8, 4) is 17.2 Å². The molecule has 9 nitrogen and oxygen atoms in total. The highest BCUT2D eigenvalue weighted by atomic mass is 32.2. The number of nitrogens with one attached hydrogen (secondary N) is 1. The number of phenolic OH excluding ortho intramolecular Hbond substituents is 1. The minimum Gasteiger partial charge on any atom is -0.504 e. The molecule has 10 heteroatoms. The van der Waals surface area contributed by atoms with Crippen molar-refractivity contribution in [2.45, 2.75) is 13.0 Å². The second-order valence-electron chi connectivity index (χ2n) is 6.07. The number of carbonyl (C=O) groups excluding carboxylic acids is 1. The Balaban J connectivity index is 2.19. The quantitative estimate of drug-likeness (QED) is 0.495. The predicted molar refractivity (Wildman–Crippen MR) is 110 cm³/mol. The first kappa shape index (κ1) is 22.0. The summed E-state index contributed by atoms with van der Waals surface area (Å²) in [5.74, 6) is 0.0420. The van der Waals surface area contributed by atoms with Gasteiger partial charge >= 0.3 is 0 Å². The van der Waals surface area contributed by atoms with Crippen LogP contribution >= 0.6 is 0 Å². The number of nitrogens with zero attached hydrogens (tertiary/aromatic N) is 2. The Morgan fingerprint density at radius 2 is 1.83 bits per heavy atom. The lowest BCUT2D eigenvalue weighted by Gasteiger charge is -2.27. The Hall–Kier alpha value is -3.27. The van der Waals surface area contributed by atoms with Gasteiger partial charge < -0.3 is 14.6 Å². The first-order chi connectivity index (χ1) is 13.7. The van der Waals surface area contributed by atoms with E-state index in [1.807, 2.05) is 0 Å². The summed E-state index contributed by atoms with van der Waals surface area (Å²) in [4.78, 5) is 12.5. The molecule has 0 aromatic heterocycles. The van der Waals surface area contributed by atoms with Gasteiger partial charge in [-0.25, -0.2) is 13.8 Å². The highest BCUT2D eigenvalue weighted by Gasteiger charge is 2.29. The number of hydrazone groups is 1. The molecule has 0 bridgehead atoms. The van der Waals surface area contributed by atoms with E-state index in [-0.39, 0.29) is 11.5 Å². The van der Waals surface area contributed by atoms with Crippen molar-refractivity contribution in [2.24, 2.45) is 5.10 Å². The zero-order valence-electron chi connectivity index (χ0n) is 16.5. The minimum atomic E-state index is -3.75. The smallest absolute Gasteiger partial charge is 0.263 e. The van der Waals surface area contributed by atoms with Gasteiger partial charge in [0.1, 0.15) is 11.8 Å². The summed E-state index contributed by atoms with van der Waals surface area (Å²) in [6, 6.07) is 10.0. The number of methoxy groups -OCH3 is 2. The van der Waals surface area contributed by atoms with E-state index in [0.29, 0.717) is 17.0 Å². The molecular weight excluding hydrogens is 398 g/mol. The standard InChI is InChI=1S/C19H23N3O6S/c1-13(22(29(4,25)26)15-8-10-16(27-2)11-9-15)19(24)21-20-12-14-6-5-7-17(28-3)18(14)23/h5-13,23H,1-4H3,(H,21,24)/b20-12-/t13-/m0/s1. The number of sulfonamides is 1. The number of ether oxygens (including phenoxy) is 2. The van der Waals surface area contributed by atoms with Crippen molar-refractivity contribution in [1.29, 1.82) is 0 Å². The number of benzene rings is 2. The molecule has 2 aromatic carbocycles. The molecule has 0 aliphatic carbocycles. The molecule has 29 heavy (non-hydrogen) atoms. The largest absolute Gasteiger partial charge is 0.504 e. The van der Waals surface area contributed by atoms with Crippen LogP contribution in [0.5, 0.6) is 17.2 Å². The third-order valence-corrected chi connectivity index (χ3v) is 5.29. The highest BCUT2D eigenvalue weighted by Crippen LogP contribution is 2.28. The monoisotopic (exact) mass is 421 g/mol. The average Bonchev–Trinajstić information content (AvgIpc) is 2.68. The van der Waals surface area contributed by atoms with Gasteiger partial charge in [-0.05, 0) is 43.3 Å². The maximum Gasteiger partial charge on any atom is 0.263 e. The van der Waals surface area contributed by atoms with Gasteiger partial charge in [-0.1, -0.05) is 6.07 Å². The number of anilines is 1. The molecular formula is C19H23N3O6S. The van der Waals surface area contributed by atoms with Crippen LogP contribution in [0.15, 0.2) is 47.6 Å². The molecule has 0 fully saturated rings. The molecule has 0 aliphatic heterocycles. The fraction of sp³-hybridized carbons (Fsp3) is 0.263. The second-order valence-corrected chi connectivity index (χ2v) is 7.92. The van der Waals surface area contributed by atoms with Crippen LogP contribution in [0.3, 0.4) is 0 Å². The van der Waals surface area contributed by atoms with Crippen molar-refractivity contribution in [1.82, 2.24) is 5.43 Å². The molecule has 0 heterocycles. The molecule has 2 N–H and O–H groups in total. The fourth-order valence-corrected chi connectivity index (χ4v) is 3.78. The van der Waals surface area contributed by atoms with Crippen molar-refractivity contribution < 1.29 is 27.8 Å². The summed E-state index contributed by atoms with van der Waals surface area (Å²) in [7, 11) is -0.839. The Bertz CT molecular complexity index is 990. The molecule has 1 amide bonds. The van der Waals surface area contributed by atoms with Crippen molar-refractivity contribution in [3.63, 3.8) is 0 Å². The maximum absolute atomic E-state index is 12.5. The molecule has 2 rings (SSSR count). The molecule has 0 unspecified atom stereocenters. The van der Waals surface area contributed by atoms with E-state index in [2.05, 4.69) is 10.5 Å². The zero-order chi connectivity index (χ0) is 21.6. The molecule has 2 aromatic rings. The summed E-state index contributed by atoms with van der Waals surface area (Å²) in [6.45, 7) is 1.44. The number of hydrogen-bond donors (Lipinski definition) is 2. The van der Waals surface area contributed by atoms with Crippen LogP contribution < -0.4 is 19.2 Å². The number of hydrogen-bond acceptors (Lipinski definition) is 7. The van der Waals surface area contributed by atoms with Crippen LogP contribution in [-0.2, 0) is 14.8 Å². The maximum atomic E-state index is 12.5. The lowest BCUT2D eigenvalue weighted by molar-refractivity contribution is -0.121. The van der Waals surface area contributed by atoms with Crippen LogP contribution in [0.2, 0.25) is 0 Å². The van der Waals surface area contributed by atoms with Crippen LogP contribution in [0.4, 0.5) is 5.69 Å². The normalized spacial score (nSPS) is 12.4. The van der Waals surface area contributed by atoms with Crippen LogP contribution in [-0.4, -0.2) is 52.2 Å². The molecule has 156 valence electrons. The van der Waals surface area contributed by atoms with Gasteiger partial charge in [0.25, 0.3) is 5.91 Å². The number of aromatic hydroxyl groups is 1. The SMILES string of the molecule is COc1ccc(N([C@@H](C)C(=O)N/N=C\c2cccc(OC)c2O)S(C)(=O)=O)cc1. The number of amides is 1. The first-order valence-corrected chi connectivity index (χ1v) is 10.4. The van der Waals surface area contributed by atoms with E-state index in [1.165, 1.54) is 27.4 Å². The van der Waals surface area contributed by atoms with E-state index in [1.54, 1.807) is 42.5 Å². The first-order valence-electron chi connectivity index (χ1n) is 8.51. The van der Waals surface area contributed by atoms with Crippen LogP contribution in [0.1, 0.15) is 12.5 Å². The van der Waals surface area contributed by atoms with Crippen LogP contribution in [0, 0.1) is 0 Å². The average molecular weight is 421 g/mol. The molecule has 0 radical (unpaired) electrons. The third-order valence-electron chi connectivity index (χ3n) is 4.04. The fourth-order valence-electron chi connectivity index (χ4n) is 2.60. The summed E-state index contributed by atoms with van der Waals surface area (Å²) < 4.78 is 35.6. The zero-order valence-corrected chi connectivity index (χ0v) is 17.3. The molecule has 1 atom stereocenters. The number of para-hydroxylation sites is 1. The number of carbonyl (C=O) groups is 1. The lowest BCUT2D eigenvalue weighted by Crippen LogP contribution is -2.46. The molecule has 0 saturated heterocycles. The van der Waals surface area contributed by atoms with E-state index in [4.69, 9.17) is 9.47 Å². The van der Waals surface area contributed by atoms with Gasteiger partial charge in [0, 0.05) is 5.56 Å². The van der Waals surface area contributed by atoms with Gasteiger partial charge in [-0.15, -0.1) is 0 Å². The van der Waals surface area contributed by atoms with Gasteiger partial charge in [0.15, 0.2) is 11.5 Å². The van der Waals surface area contributed by atoms with Gasteiger partial charge in [-0.3, -0.25) is 9.10 Å². The summed E-state index contributed by atoms with van der Waals surface area (Å²) in [5, 5.41) is 13.8. The lowest BCUT2D eigenvalue weighted by atomic mass is 10.2. The van der Waals surface area contributed by atoms with Crippen molar-refractivity contribution in [2.75, 3.05) is 24.8 Å². The second kappa shape index (κ2) is 9.28. The van der Waals surface area contributed by atoms with E-state index >= 15 is 0 Å². The number of rotatable bonds is 8. The highest BCUT2D eigenvalue weighted by molar-refractivity contribution is 7.92. The summed E-state index contributed by atoms with van der Waals surface area (Å²) >= 11 is 0. The van der Waals surface area contributed by atoms with Crippen LogP contribution in [0.25, 0.3) is 0 Å². The van der Waals surface area contributed by atoms with Gasteiger partial charge in [0.05, 0.1) is 32.4 Å². The third kappa shape index (κ3) is 5.38. The Kier molecular flexibility index (Phi) is 7.05. The molecule has 0 saturated carbocycles. The summed E-state index contributed by atoms with van der Waals surface area (Å²) in [6.07, 6.45) is 2.25. The minimum absolute atomic E-state index is 0.128. The topological polar surface area (TPSA) is 118 Å². The van der Waals surface area contributed by atoms with Gasteiger partial charge in [0.2, 0.25) is 10.0 Å². The summed E-state index contributed by atoms with van der Waals surface area (Å²) in [5.41, 5.74) is 2.93. The van der Waals surface area contributed by atoms with E-state index in [0.717, 1.165) is 10.6 Å². The molecule has 0 spiro atoms. The Morgan fingerprint density at radius 1 is 1.17 bits per heavy atom. The van der Waals surface area contributed by atoms with Crippen molar-refractivity contribution in [3.05, 3.63) is 48.0 Å². The van der Waals surface area contributed by atoms with Crippen molar-refractivity contribution >= 4 is 27.8 Å². The Morgan fingerprint density at radius 3 is 2.38 bits per heavy atom. The van der Waals surface area contributed by atoms with Gasteiger partial charge in [-0.2, -0.15) is 5.10 Å². The molecule has 0 aliphatic rings.